The number of aryl methyl sites for hydroxylation is 1. The molecule has 3 rings (SSSR count). The minimum absolute atomic E-state index is 0.271. The summed E-state index contributed by atoms with van der Waals surface area (Å²) in [5, 5.41) is 15.4. The van der Waals surface area contributed by atoms with Crippen LogP contribution < -0.4 is 10.6 Å². The highest BCUT2D eigenvalue weighted by atomic mass is 35.5. The lowest BCUT2D eigenvalue weighted by atomic mass is 10.2. The Bertz CT molecular complexity index is 976. The summed E-state index contributed by atoms with van der Waals surface area (Å²) in [4.78, 5) is 16.5. The van der Waals surface area contributed by atoms with Gasteiger partial charge in [-0.15, -0.1) is 0 Å². The zero-order chi connectivity index (χ0) is 18.5. The van der Waals surface area contributed by atoms with Crippen LogP contribution in [0.5, 0.6) is 0 Å². The third-order valence-corrected chi connectivity index (χ3v) is 4.15. The lowest BCUT2D eigenvalue weighted by molar-refractivity contribution is 0.102. The van der Waals surface area contributed by atoms with E-state index in [9.17, 15) is 4.79 Å². The van der Waals surface area contributed by atoms with E-state index in [1.807, 2.05) is 31.2 Å². The molecule has 5 nitrogen and oxygen atoms in total. The fourth-order valence-electron chi connectivity index (χ4n) is 2.25. The Morgan fingerprint density at radius 3 is 2.42 bits per heavy atom. The zero-order valence-electron chi connectivity index (χ0n) is 14.0. The molecule has 0 fully saturated rings. The van der Waals surface area contributed by atoms with Gasteiger partial charge >= 0.3 is 0 Å². The number of hydrogen-bond donors (Lipinski definition) is 2. The SMILES string of the molecule is Cc1ccc(Nc2ccc(C(=O)Nc3ccc(C#N)cc3)cn2)cc1Cl. The van der Waals surface area contributed by atoms with E-state index in [1.165, 1.54) is 6.20 Å². The molecular weight excluding hydrogens is 348 g/mol. The van der Waals surface area contributed by atoms with Gasteiger partial charge in [0.1, 0.15) is 5.82 Å². The first kappa shape index (κ1) is 17.5. The Kier molecular flexibility index (Phi) is 5.16. The second kappa shape index (κ2) is 7.68. The van der Waals surface area contributed by atoms with Gasteiger partial charge in [-0.1, -0.05) is 17.7 Å². The van der Waals surface area contributed by atoms with E-state index in [2.05, 4.69) is 15.6 Å². The van der Waals surface area contributed by atoms with Gasteiger partial charge in [0, 0.05) is 22.6 Å². The van der Waals surface area contributed by atoms with E-state index in [1.54, 1.807) is 36.4 Å². The predicted octanol–water partition coefficient (Wildman–Crippen LogP) is 4.91. The molecule has 0 bridgehead atoms. The van der Waals surface area contributed by atoms with Crippen LogP contribution >= 0.6 is 11.6 Å². The molecule has 1 heterocycles. The number of halogens is 1. The van der Waals surface area contributed by atoms with E-state index < -0.39 is 0 Å². The summed E-state index contributed by atoms with van der Waals surface area (Å²) in [6, 6.07) is 17.8. The van der Waals surface area contributed by atoms with Crippen LogP contribution in [0.25, 0.3) is 0 Å². The number of carbonyl (C=O) groups excluding carboxylic acids is 1. The van der Waals surface area contributed by atoms with Crippen molar-refractivity contribution in [2.45, 2.75) is 6.92 Å². The molecule has 0 saturated heterocycles. The highest BCUT2D eigenvalue weighted by Crippen LogP contribution is 2.22. The number of aromatic nitrogens is 1. The Balaban J connectivity index is 1.67. The normalized spacial score (nSPS) is 10.0. The number of anilines is 3. The number of carbonyl (C=O) groups is 1. The molecule has 1 aromatic heterocycles. The van der Waals surface area contributed by atoms with Crippen molar-refractivity contribution >= 4 is 34.7 Å². The molecule has 0 aliphatic heterocycles. The van der Waals surface area contributed by atoms with Crippen LogP contribution in [-0.2, 0) is 0 Å². The first-order chi connectivity index (χ1) is 12.5. The van der Waals surface area contributed by atoms with Crippen molar-refractivity contribution < 1.29 is 4.79 Å². The summed E-state index contributed by atoms with van der Waals surface area (Å²) in [5.41, 5.74) is 3.41. The molecule has 6 heteroatoms. The molecule has 0 saturated carbocycles. The Morgan fingerprint density at radius 2 is 1.81 bits per heavy atom. The van der Waals surface area contributed by atoms with Crippen molar-refractivity contribution in [3.8, 4) is 6.07 Å². The molecule has 0 aliphatic rings. The number of nitriles is 1. The molecule has 0 spiro atoms. The summed E-state index contributed by atoms with van der Waals surface area (Å²) in [7, 11) is 0. The van der Waals surface area contributed by atoms with Crippen molar-refractivity contribution in [1.29, 1.82) is 5.26 Å². The lowest BCUT2D eigenvalue weighted by Crippen LogP contribution is -2.12. The van der Waals surface area contributed by atoms with Gasteiger partial charge in [-0.05, 0) is 61.0 Å². The Hall–Kier alpha value is -3.36. The molecule has 1 amide bonds. The van der Waals surface area contributed by atoms with Crippen LogP contribution in [-0.4, -0.2) is 10.9 Å². The summed E-state index contributed by atoms with van der Waals surface area (Å²) in [6.07, 6.45) is 1.50. The molecule has 128 valence electrons. The van der Waals surface area contributed by atoms with Crippen LogP contribution in [0.4, 0.5) is 17.2 Å². The quantitative estimate of drug-likeness (QED) is 0.691. The number of hydrogen-bond acceptors (Lipinski definition) is 4. The number of pyridine rings is 1. The third-order valence-electron chi connectivity index (χ3n) is 3.74. The van der Waals surface area contributed by atoms with Crippen molar-refractivity contribution in [3.05, 3.63) is 82.5 Å². The van der Waals surface area contributed by atoms with E-state index >= 15 is 0 Å². The summed E-state index contributed by atoms with van der Waals surface area (Å²) in [6.45, 7) is 1.94. The summed E-state index contributed by atoms with van der Waals surface area (Å²) in [5.74, 6) is 0.340. The second-order valence-electron chi connectivity index (χ2n) is 5.66. The van der Waals surface area contributed by atoms with Gasteiger partial charge in [-0.25, -0.2) is 4.98 Å². The Morgan fingerprint density at radius 1 is 1.08 bits per heavy atom. The first-order valence-electron chi connectivity index (χ1n) is 7.86. The molecule has 26 heavy (non-hydrogen) atoms. The monoisotopic (exact) mass is 362 g/mol. The zero-order valence-corrected chi connectivity index (χ0v) is 14.7. The minimum atomic E-state index is -0.271. The van der Waals surface area contributed by atoms with Crippen LogP contribution in [0.15, 0.2) is 60.8 Å². The van der Waals surface area contributed by atoms with Crippen molar-refractivity contribution in [3.63, 3.8) is 0 Å². The molecule has 0 radical (unpaired) electrons. The van der Waals surface area contributed by atoms with Crippen LogP contribution in [0.3, 0.4) is 0 Å². The topological polar surface area (TPSA) is 77.8 Å². The lowest BCUT2D eigenvalue weighted by Gasteiger charge is -2.08. The van der Waals surface area contributed by atoms with E-state index in [-0.39, 0.29) is 5.91 Å². The molecule has 2 aromatic carbocycles. The second-order valence-corrected chi connectivity index (χ2v) is 6.07. The van der Waals surface area contributed by atoms with E-state index in [0.717, 1.165) is 11.3 Å². The average Bonchev–Trinajstić information content (AvgIpc) is 2.66. The largest absolute Gasteiger partial charge is 0.340 e. The number of rotatable bonds is 4. The van der Waals surface area contributed by atoms with Gasteiger partial charge in [0.25, 0.3) is 5.91 Å². The number of amides is 1. The van der Waals surface area contributed by atoms with Gasteiger partial charge < -0.3 is 10.6 Å². The number of benzene rings is 2. The van der Waals surface area contributed by atoms with E-state index in [0.29, 0.717) is 27.7 Å². The summed E-state index contributed by atoms with van der Waals surface area (Å²) < 4.78 is 0. The number of nitrogens with one attached hydrogen (secondary N) is 2. The third kappa shape index (κ3) is 4.18. The van der Waals surface area contributed by atoms with Gasteiger partial charge in [-0.3, -0.25) is 4.79 Å². The molecule has 2 N–H and O–H groups in total. The van der Waals surface area contributed by atoms with Gasteiger partial charge in [0.05, 0.1) is 17.2 Å². The fourth-order valence-corrected chi connectivity index (χ4v) is 2.43. The predicted molar refractivity (Wildman–Crippen MR) is 103 cm³/mol. The average molecular weight is 363 g/mol. The van der Waals surface area contributed by atoms with Gasteiger partial charge in [-0.2, -0.15) is 5.26 Å². The standard InChI is InChI=1S/C20H15ClN4O/c1-13-2-6-17(10-18(13)21)24-19-9-5-15(12-23-19)20(26)25-16-7-3-14(11-22)4-8-16/h2-10,12H,1H3,(H,23,24)(H,25,26). The van der Waals surface area contributed by atoms with E-state index in [4.69, 9.17) is 16.9 Å². The molecule has 0 unspecified atom stereocenters. The Labute approximate surface area is 156 Å². The van der Waals surface area contributed by atoms with Gasteiger partial charge in [0.15, 0.2) is 0 Å². The summed E-state index contributed by atoms with van der Waals surface area (Å²) >= 11 is 6.11. The molecule has 3 aromatic rings. The highest BCUT2D eigenvalue weighted by molar-refractivity contribution is 6.31. The fraction of sp³-hybridized carbons (Fsp3) is 0.0500. The smallest absolute Gasteiger partial charge is 0.257 e. The molecule has 0 atom stereocenters. The maximum absolute atomic E-state index is 12.3. The molecule has 0 aliphatic carbocycles. The van der Waals surface area contributed by atoms with Crippen molar-refractivity contribution in [2.75, 3.05) is 10.6 Å². The molecular formula is C20H15ClN4O. The van der Waals surface area contributed by atoms with Crippen LogP contribution in [0.2, 0.25) is 5.02 Å². The van der Waals surface area contributed by atoms with Crippen LogP contribution in [0, 0.1) is 18.3 Å². The minimum Gasteiger partial charge on any atom is -0.340 e. The number of nitrogens with zero attached hydrogens (tertiary/aromatic N) is 2. The maximum atomic E-state index is 12.3. The highest BCUT2D eigenvalue weighted by Gasteiger charge is 2.07. The first-order valence-corrected chi connectivity index (χ1v) is 8.24. The van der Waals surface area contributed by atoms with Crippen LogP contribution in [0.1, 0.15) is 21.5 Å². The maximum Gasteiger partial charge on any atom is 0.257 e. The van der Waals surface area contributed by atoms with Crippen molar-refractivity contribution in [1.82, 2.24) is 4.98 Å². The van der Waals surface area contributed by atoms with Crippen molar-refractivity contribution in [2.24, 2.45) is 0 Å². The van der Waals surface area contributed by atoms with Gasteiger partial charge in [0.2, 0.25) is 0 Å².